The first-order valence-electron chi connectivity index (χ1n) is 13.5. The van der Waals surface area contributed by atoms with Crippen molar-refractivity contribution in [3.8, 4) is 17.2 Å². The van der Waals surface area contributed by atoms with E-state index in [1.807, 2.05) is 42.1 Å². The molecule has 0 aliphatic rings. The highest BCUT2D eigenvalue weighted by Gasteiger charge is 2.26. The molecule has 8 heteroatoms. The van der Waals surface area contributed by atoms with E-state index in [0.29, 0.717) is 12.5 Å². The predicted molar refractivity (Wildman–Crippen MR) is 163 cm³/mol. The number of benzene rings is 2. The Bertz CT molecular complexity index is 1590. The molecule has 0 saturated heterocycles. The normalized spacial score (nSPS) is 12.2. The molecule has 0 unspecified atom stereocenters. The van der Waals surface area contributed by atoms with Gasteiger partial charge in [0.05, 0.1) is 5.69 Å². The minimum atomic E-state index is 0.0458. The van der Waals surface area contributed by atoms with E-state index in [-0.39, 0.29) is 16.2 Å². The number of nitrogens with zero attached hydrogens (tertiary/aromatic N) is 4. The number of nitrogens with two attached hydrogens (primary N) is 1. The molecule has 5 rings (SSSR count). The standard InChI is InChI=1S/C32H37N5O2S/c1-31(2,3)18-27-28(40-32(4,5)6)25-17-24(38-20-23-9-7-8-16-34-23)14-15-26(25)37(27)19-21-10-12-22(13-11-21)29-35-36-30(33)39-29/h7-17H,18-20H2,1-6H3,(H2,33,36). The zero-order valence-corrected chi connectivity index (χ0v) is 24.9. The molecule has 2 aromatic carbocycles. The lowest BCUT2D eigenvalue weighted by Crippen LogP contribution is -2.16. The van der Waals surface area contributed by atoms with Gasteiger partial charge in [0.15, 0.2) is 0 Å². The third kappa shape index (κ3) is 6.67. The summed E-state index contributed by atoms with van der Waals surface area (Å²) < 4.78 is 14.1. The van der Waals surface area contributed by atoms with Crippen LogP contribution >= 0.6 is 11.8 Å². The van der Waals surface area contributed by atoms with Crippen LogP contribution in [0.25, 0.3) is 22.4 Å². The molecule has 3 heterocycles. The van der Waals surface area contributed by atoms with Crippen LogP contribution in [0.15, 0.2) is 76.2 Å². The average Bonchev–Trinajstić information content (AvgIpc) is 3.44. The highest BCUT2D eigenvalue weighted by atomic mass is 32.2. The number of aromatic nitrogens is 4. The third-order valence-corrected chi connectivity index (χ3v) is 7.56. The smallest absolute Gasteiger partial charge is 0.313 e. The van der Waals surface area contributed by atoms with Crippen molar-refractivity contribution in [1.82, 2.24) is 19.7 Å². The fourth-order valence-corrected chi connectivity index (χ4v) is 5.84. The Morgan fingerprint density at radius 3 is 2.35 bits per heavy atom. The molecule has 7 nitrogen and oxygen atoms in total. The summed E-state index contributed by atoms with van der Waals surface area (Å²) in [5, 5.41) is 9.00. The van der Waals surface area contributed by atoms with E-state index in [9.17, 15) is 0 Å². The van der Waals surface area contributed by atoms with Crippen LogP contribution in [-0.2, 0) is 19.6 Å². The van der Waals surface area contributed by atoms with Crippen molar-refractivity contribution in [2.75, 3.05) is 5.73 Å². The first kappa shape index (κ1) is 27.8. The first-order valence-corrected chi connectivity index (χ1v) is 14.3. The Hall–Kier alpha value is -3.78. The fraction of sp³-hybridized carbons (Fsp3) is 0.344. The van der Waals surface area contributed by atoms with E-state index in [0.717, 1.165) is 30.0 Å². The number of hydrogen-bond acceptors (Lipinski definition) is 7. The molecule has 0 spiro atoms. The summed E-state index contributed by atoms with van der Waals surface area (Å²) >= 11 is 1.93. The molecular formula is C32H37N5O2S. The highest BCUT2D eigenvalue weighted by Crippen LogP contribution is 2.44. The SMILES string of the molecule is CC(C)(C)Cc1c(SC(C)(C)C)c2cc(OCc3ccccn3)ccc2n1Cc1ccc(-c2nnc(N)o2)cc1. The largest absolute Gasteiger partial charge is 0.487 e. The van der Waals surface area contributed by atoms with Gasteiger partial charge in [-0.3, -0.25) is 4.98 Å². The maximum absolute atomic E-state index is 6.20. The maximum Gasteiger partial charge on any atom is 0.313 e. The minimum absolute atomic E-state index is 0.0458. The second-order valence-electron chi connectivity index (χ2n) is 12.2. The number of fused-ring (bicyclic) bond motifs is 1. The Morgan fingerprint density at radius 1 is 0.950 bits per heavy atom. The third-order valence-electron chi connectivity index (χ3n) is 6.29. The minimum Gasteiger partial charge on any atom is -0.487 e. The van der Waals surface area contributed by atoms with E-state index in [4.69, 9.17) is 14.9 Å². The maximum atomic E-state index is 6.20. The number of nitrogen functional groups attached to an aromatic ring is 1. The van der Waals surface area contributed by atoms with E-state index in [1.165, 1.54) is 27.1 Å². The lowest BCUT2D eigenvalue weighted by Gasteiger charge is -2.24. The van der Waals surface area contributed by atoms with Gasteiger partial charge < -0.3 is 19.5 Å². The van der Waals surface area contributed by atoms with Crippen molar-refractivity contribution in [2.45, 2.75) is 70.8 Å². The van der Waals surface area contributed by atoms with Gasteiger partial charge >= 0.3 is 6.01 Å². The monoisotopic (exact) mass is 555 g/mol. The molecule has 5 aromatic rings. The molecule has 40 heavy (non-hydrogen) atoms. The summed E-state index contributed by atoms with van der Waals surface area (Å²) in [4.78, 5) is 5.72. The van der Waals surface area contributed by atoms with Crippen LogP contribution in [0.5, 0.6) is 5.75 Å². The second kappa shape index (κ2) is 11.0. The molecule has 0 bridgehead atoms. The zero-order chi connectivity index (χ0) is 28.5. The quantitative estimate of drug-likeness (QED) is 0.195. The van der Waals surface area contributed by atoms with Crippen molar-refractivity contribution in [3.63, 3.8) is 0 Å². The van der Waals surface area contributed by atoms with Crippen molar-refractivity contribution >= 4 is 28.7 Å². The lowest BCUT2D eigenvalue weighted by atomic mass is 9.90. The number of ether oxygens (including phenoxy) is 1. The molecule has 208 valence electrons. The molecule has 0 saturated carbocycles. The molecular weight excluding hydrogens is 518 g/mol. The van der Waals surface area contributed by atoms with Gasteiger partial charge in [-0.15, -0.1) is 16.9 Å². The predicted octanol–water partition coefficient (Wildman–Crippen LogP) is 7.78. The van der Waals surface area contributed by atoms with Crippen LogP contribution in [0.4, 0.5) is 6.01 Å². The lowest BCUT2D eigenvalue weighted by molar-refractivity contribution is 0.301. The van der Waals surface area contributed by atoms with Crippen LogP contribution in [-0.4, -0.2) is 24.5 Å². The summed E-state index contributed by atoms with van der Waals surface area (Å²) in [5.74, 6) is 1.27. The van der Waals surface area contributed by atoms with Gasteiger partial charge in [0.25, 0.3) is 0 Å². The highest BCUT2D eigenvalue weighted by molar-refractivity contribution is 8.00. The van der Waals surface area contributed by atoms with E-state index in [2.05, 4.69) is 91.6 Å². The van der Waals surface area contributed by atoms with Gasteiger partial charge in [0.1, 0.15) is 12.4 Å². The number of hydrogen-bond donors (Lipinski definition) is 1. The molecule has 0 aliphatic carbocycles. The Labute approximate surface area is 240 Å². The van der Waals surface area contributed by atoms with Crippen molar-refractivity contribution in [2.24, 2.45) is 5.41 Å². The van der Waals surface area contributed by atoms with Crippen molar-refractivity contribution in [3.05, 3.63) is 83.8 Å². The second-order valence-corrected chi connectivity index (χ2v) is 14.1. The Kier molecular flexibility index (Phi) is 7.64. The molecule has 0 fully saturated rings. The number of thioether (sulfide) groups is 1. The summed E-state index contributed by atoms with van der Waals surface area (Å²) in [5.41, 5.74) is 11.2. The summed E-state index contributed by atoms with van der Waals surface area (Å²) in [6.07, 6.45) is 2.74. The van der Waals surface area contributed by atoms with Gasteiger partial charge in [-0.1, -0.05) is 64.8 Å². The van der Waals surface area contributed by atoms with Crippen LogP contribution in [0.3, 0.4) is 0 Å². The van der Waals surface area contributed by atoms with Crippen molar-refractivity contribution < 1.29 is 9.15 Å². The first-order chi connectivity index (χ1) is 18.9. The van der Waals surface area contributed by atoms with E-state index >= 15 is 0 Å². The van der Waals surface area contributed by atoms with Crippen molar-refractivity contribution in [1.29, 1.82) is 0 Å². The van der Waals surface area contributed by atoms with Gasteiger partial charge in [-0.25, -0.2) is 0 Å². The molecule has 3 aromatic heterocycles. The molecule has 0 aliphatic heterocycles. The van der Waals surface area contributed by atoms with Gasteiger partial charge in [-0.05, 0) is 59.9 Å². The number of pyridine rings is 1. The van der Waals surface area contributed by atoms with E-state index < -0.39 is 0 Å². The summed E-state index contributed by atoms with van der Waals surface area (Å²) in [6.45, 7) is 14.9. The summed E-state index contributed by atoms with van der Waals surface area (Å²) in [7, 11) is 0. The number of rotatable bonds is 8. The van der Waals surface area contributed by atoms with Crippen LogP contribution in [0.1, 0.15) is 58.5 Å². The average molecular weight is 556 g/mol. The topological polar surface area (TPSA) is 92.0 Å². The number of anilines is 1. The zero-order valence-electron chi connectivity index (χ0n) is 24.1. The van der Waals surface area contributed by atoms with Gasteiger partial charge in [-0.2, -0.15) is 0 Å². The van der Waals surface area contributed by atoms with Gasteiger partial charge in [0, 0.05) is 44.5 Å². The van der Waals surface area contributed by atoms with Gasteiger partial charge in [0.2, 0.25) is 5.89 Å². The van der Waals surface area contributed by atoms with E-state index in [1.54, 1.807) is 6.20 Å². The molecule has 0 radical (unpaired) electrons. The molecule has 0 atom stereocenters. The van der Waals surface area contributed by atoms with Crippen LogP contribution in [0.2, 0.25) is 0 Å². The van der Waals surface area contributed by atoms with Crippen LogP contribution in [0, 0.1) is 5.41 Å². The molecule has 2 N–H and O–H groups in total. The fourth-order valence-electron chi connectivity index (χ4n) is 4.65. The Balaban J connectivity index is 1.56. The molecule has 0 amide bonds. The Morgan fingerprint density at radius 2 is 1.73 bits per heavy atom. The summed E-state index contributed by atoms with van der Waals surface area (Å²) in [6, 6.07) is 20.6. The van der Waals surface area contributed by atoms with Crippen LogP contribution < -0.4 is 10.5 Å².